The number of nitrogens with two attached hydrogens (primary N) is 1. The summed E-state index contributed by atoms with van der Waals surface area (Å²) in [4.78, 5) is -0.919. The largest absolute Gasteiger partial charge is 0.417 e. The Morgan fingerprint density at radius 1 is 1.22 bits per heavy atom. The molecule has 8 heteroatoms. The van der Waals surface area contributed by atoms with Crippen LogP contribution in [0.25, 0.3) is 0 Å². The maximum absolute atomic E-state index is 13.1. The Balaban J connectivity index is 3.03. The number of alkyl halides is 3. The van der Waals surface area contributed by atoms with Crippen molar-refractivity contribution in [2.75, 3.05) is 5.32 Å². The molecule has 3 N–H and O–H groups in total. The molecule has 0 saturated carbocycles. The molecule has 0 saturated heterocycles. The maximum atomic E-state index is 13.1. The second kappa shape index (κ2) is 6.68. The average Bonchev–Trinajstić information content (AvgIpc) is 2.33. The van der Waals surface area contributed by atoms with Crippen LogP contribution in [0, 0.1) is 5.41 Å². The van der Waals surface area contributed by atoms with Gasteiger partial charge < -0.3 is 5.32 Å². The fourth-order valence-corrected chi connectivity index (χ4v) is 2.83. The minimum Gasteiger partial charge on any atom is -0.383 e. The van der Waals surface area contributed by atoms with Crippen LogP contribution in [-0.2, 0) is 16.2 Å². The van der Waals surface area contributed by atoms with E-state index in [1.165, 1.54) is 6.07 Å². The Morgan fingerprint density at radius 2 is 1.78 bits per heavy atom. The van der Waals surface area contributed by atoms with Crippen LogP contribution in [0.1, 0.15) is 46.1 Å². The smallest absolute Gasteiger partial charge is 0.383 e. The highest BCUT2D eigenvalue weighted by Crippen LogP contribution is 2.35. The number of hydrogen-bond donors (Lipinski definition) is 2. The molecular weight excluding hydrogens is 329 g/mol. The predicted octanol–water partition coefficient (Wildman–Crippen LogP) is 3.98. The third-order valence-corrected chi connectivity index (χ3v) is 4.30. The molecule has 132 valence electrons. The van der Waals surface area contributed by atoms with Gasteiger partial charge in [-0.05, 0) is 43.4 Å². The molecule has 0 aliphatic rings. The van der Waals surface area contributed by atoms with Gasteiger partial charge >= 0.3 is 6.18 Å². The zero-order valence-corrected chi connectivity index (χ0v) is 14.5. The number of benzene rings is 1. The standard InChI is InChI=1S/C15H23F3N2O2S/c1-10(7-8-14(2,3)4)20-11-5-6-13(23(19,21)22)12(9-11)15(16,17)18/h5-6,9-10,20H,7-8H2,1-4H3,(H2,19,21,22). The summed E-state index contributed by atoms with van der Waals surface area (Å²) in [6.07, 6.45) is -3.11. The summed E-state index contributed by atoms with van der Waals surface area (Å²) < 4.78 is 61.8. The normalized spacial score (nSPS) is 14.6. The number of nitrogens with one attached hydrogen (secondary N) is 1. The van der Waals surface area contributed by atoms with Gasteiger partial charge in [-0.1, -0.05) is 20.8 Å². The Labute approximate surface area is 135 Å². The molecule has 0 aliphatic carbocycles. The van der Waals surface area contributed by atoms with Gasteiger partial charge in [0.25, 0.3) is 0 Å². The number of anilines is 1. The summed E-state index contributed by atoms with van der Waals surface area (Å²) in [6, 6.07) is 2.92. The Morgan fingerprint density at radius 3 is 2.22 bits per heavy atom. The number of sulfonamides is 1. The minimum atomic E-state index is -4.80. The Kier molecular flexibility index (Phi) is 5.74. The zero-order valence-electron chi connectivity index (χ0n) is 13.7. The zero-order chi connectivity index (χ0) is 18.1. The summed E-state index contributed by atoms with van der Waals surface area (Å²) in [5.74, 6) is 0. The van der Waals surface area contributed by atoms with E-state index in [2.05, 4.69) is 26.1 Å². The third kappa shape index (κ3) is 6.39. The molecule has 0 heterocycles. The molecule has 23 heavy (non-hydrogen) atoms. The lowest BCUT2D eigenvalue weighted by Gasteiger charge is -2.23. The highest BCUT2D eigenvalue weighted by atomic mass is 32.2. The quantitative estimate of drug-likeness (QED) is 0.842. The van der Waals surface area contributed by atoms with Gasteiger partial charge in [0.2, 0.25) is 10.0 Å². The molecule has 1 atom stereocenters. The van der Waals surface area contributed by atoms with E-state index in [1.807, 2.05) is 6.92 Å². The highest BCUT2D eigenvalue weighted by molar-refractivity contribution is 7.89. The molecule has 0 bridgehead atoms. The summed E-state index contributed by atoms with van der Waals surface area (Å²) in [6.45, 7) is 8.12. The second-order valence-corrected chi connectivity index (χ2v) is 8.43. The van der Waals surface area contributed by atoms with E-state index in [1.54, 1.807) is 0 Å². The van der Waals surface area contributed by atoms with Crippen molar-refractivity contribution in [2.45, 2.75) is 57.7 Å². The molecule has 0 aromatic heterocycles. The molecule has 0 radical (unpaired) electrons. The molecule has 0 aliphatic heterocycles. The first kappa shape index (κ1) is 19.8. The Hall–Kier alpha value is -1.28. The van der Waals surface area contributed by atoms with E-state index < -0.39 is 26.7 Å². The lowest BCUT2D eigenvalue weighted by molar-refractivity contribution is -0.139. The van der Waals surface area contributed by atoms with E-state index in [-0.39, 0.29) is 17.1 Å². The summed E-state index contributed by atoms with van der Waals surface area (Å²) in [5.41, 5.74) is -0.913. The van der Waals surface area contributed by atoms with Crippen LogP contribution in [-0.4, -0.2) is 14.5 Å². The van der Waals surface area contributed by atoms with Crippen molar-refractivity contribution in [1.82, 2.24) is 0 Å². The lowest BCUT2D eigenvalue weighted by atomic mass is 9.89. The Bertz CT molecular complexity index is 650. The first-order valence-corrected chi connectivity index (χ1v) is 8.75. The van der Waals surface area contributed by atoms with Gasteiger partial charge in [-0.15, -0.1) is 0 Å². The van der Waals surface area contributed by atoms with Crippen LogP contribution in [0.15, 0.2) is 23.1 Å². The van der Waals surface area contributed by atoms with Gasteiger partial charge in [-0.2, -0.15) is 13.2 Å². The molecule has 4 nitrogen and oxygen atoms in total. The predicted molar refractivity (Wildman–Crippen MR) is 84.6 cm³/mol. The fourth-order valence-electron chi connectivity index (χ4n) is 2.10. The SMILES string of the molecule is CC(CCC(C)(C)C)Nc1ccc(S(N)(=O)=O)c(C(F)(F)F)c1. The van der Waals surface area contributed by atoms with Crippen molar-refractivity contribution in [3.05, 3.63) is 23.8 Å². The van der Waals surface area contributed by atoms with Crippen molar-refractivity contribution in [3.63, 3.8) is 0 Å². The maximum Gasteiger partial charge on any atom is 0.417 e. The first-order valence-electron chi connectivity index (χ1n) is 7.21. The number of primary sulfonamides is 1. The molecule has 1 aromatic carbocycles. The third-order valence-electron chi connectivity index (χ3n) is 3.33. The van der Waals surface area contributed by atoms with Gasteiger partial charge in [-0.25, -0.2) is 13.6 Å². The molecular formula is C15H23F3N2O2S. The first-order chi connectivity index (χ1) is 10.2. The van der Waals surface area contributed by atoms with Crippen molar-refractivity contribution in [3.8, 4) is 0 Å². The summed E-state index contributed by atoms with van der Waals surface area (Å²) in [7, 11) is -4.44. The molecule has 0 spiro atoms. The highest BCUT2D eigenvalue weighted by Gasteiger charge is 2.36. The van der Waals surface area contributed by atoms with Gasteiger partial charge in [0.05, 0.1) is 10.5 Å². The van der Waals surface area contributed by atoms with Crippen molar-refractivity contribution >= 4 is 15.7 Å². The van der Waals surface area contributed by atoms with Crippen molar-refractivity contribution in [2.24, 2.45) is 10.6 Å². The van der Waals surface area contributed by atoms with Gasteiger partial charge in [-0.3, -0.25) is 0 Å². The number of hydrogen-bond acceptors (Lipinski definition) is 3. The fraction of sp³-hybridized carbons (Fsp3) is 0.600. The van der Waals surface area contributed by atoms with E-state index in [0.717, 1.165) is 25.0 Å². The van der Waals surface area contributed by atoms with E-state index >= 15 is 0 Å². The van der Waals surface area contributed by atoms with Gasteiger partial charge in [0.1, 0.15) is 0 Å². The molecule has 1 rings (SSSR count). The second-order valence-electron chi connectivity index (χ2n) is 6.90. The van der Waals surface area contributed by atoms with Crippen molar-refractivity contribution < 1.29 is 21.6 Å². The molecule has 1 unspecified atom stereocenters. The molecule has 0 amide bonds. The van der Waals surface area contributed by atoms with Crippen LogP contribution < -0.4 is 10.5 Å². The molecule has 0 fully saturated rings. The van der Waals surface area contributed by atoms with Crippen LogP contribution >= 0.6 is 0 Å². The topological polar surface area (TPSA) is 72.2 Å². The van der Waals surface area contributed by atoms with Crippen LogP contribution in [0.5, 0.6) is 0 Å². The van der Waals surface area contributed by atoms with Crippen molar-refractivity contribution in [1.29, 1.82) is 0 Å². The summed E-state index contributed by atoms with van der Waals surface area (Å²) >= 11 is 0. The van der Waals surface area contributed by atoms with Crippen LogP contribution in [0.3, 0.4) is 0 Å². The van der Waals surface area contributed by atoms with E-state index in [0.29, 0.717) is 0 Å². The lowest BCUT2D eigenvalue weighted by Crippen LogP contribution is -2.21. The number of halogens is 3. The van der Waals surface area contributed by atoms with Crippen LogP contribution in [0.2, 0.25) is 0 Å². The molecule has 1 aromatic rings. The van der Waals surface area contributed by atoms with E-state index in [4.69, 9.17) is 5.14 Å². The van der Waals surface area contributed by atoms with Crippen LogP contribution in [0.4, 0.5) is 18.9 Å². The van der Waals surface area contributed by atoms with Gasteiger partial charge in [0, 0.05) is 11.7 Å². The summed E-state index contributed by atoms with van der Waals surface area (Å²) in [5, 5.41) is 7.82. The average molecular weight is 352 g/mol. The minimum absolute atomic E-state index is 0.0457. The monoisotopic (exact) mass is 352 g/mol. The number of rotatable bonds is 5. The van der Waals surface area contributed by atoms with Gasteiger partial charge in [0.15, 0.2) is 0 Å². The van der Waals surface area contributed by atoms with E-state index in [9.17, 15) is 21.6 Å².